The number of aldehydes is 1. The zero-order valence-corrected chi connectivity index (χ0v) is 17.9. The van der Waals surface area contributed by atoms with Gasteiger partial charge in [0.15, 0.2) is 0 Å². The fourth-order valence-corrected chi connectivity index (χ4v) is 4.29. The molecule has 0 spiro atoms. The molecular weight excluding hydrogens is 386 g/mol. The van der Waals surface area contributed by atoms with Crippen LogP contribution in [-0.2, 0) is 9.59 Å². The van der Waals surface area contributed by atoms with E-state index in [0.29, 0.717) is 18.4 Å². The quantitative estimate of drug-likeness (QED) is 0.650. The molecule has 2 aromatic carbocycles. The monoisotopic (exact) mass is 413 g/mol. The summed E-state index contributed by atoms with van der Waals surface area (Å²) in [4.78, 5) is 24.6. The fourth-order valence-electron chi connectivity index (χ4n) is 4.29. The van der Waals surface area contributed by atoms with Crippen molar-refractivity contribution in [3.63, 3.8) is 0 Å². The Morgan fingerprint density at radius 3 is 2.39 bits per heavy atom. The predicted molar refractivity (Wildman–Crippen MR) is 122 cm³/mol. The van der Waals surface area contributed by atoms with Crippen LogP contribution in [0.5, 0.6) is 0 Å². The maximum absolute atomic E-state index is 13.7. The second-order valence-corrected chi connectivity index (χ2v) is 7.71. The number of allylic oxidation sites excluding steroid dienone is 2. The zero-order chi connectivity index (χ0) is 21.8. The van der Waals surface area contributed by atoms with Crippen LogP contribution in [0.15, 0.2) is 89.4 Å². The summed E-state index contributed by atoms with van der Waals surface area (Å²) >= 11 is 0. The molecule has 4 rings (SSSR count). The average Bonchev–Trinajstić information content (AvgIpc) is 3.18. The molecule has 0 fully saturated rings. The Morgan fingerprint density at radius 1 is 1.06 bits per heavy atom. The largest absolute Gasteiger partial charge is 0.343 e. The SMILES string of the molecule is CC/C=C(\CCC=O)C1=C(C)NC2=C(c3ccccc3)C(c3ccccc3)NN2C1=O. The number of hydrogen-bond acceptors (Lipinski definition) is 4. The van der Waals surface area contributed by atoms with Crippen LogP contribution in [0.1, 0.15) is 50.3 Å². The van der Waals surface area contributed by atoms with Crippen LogP contribution < -0.4 is 10.7 Å². The van der Waals surface area contributed by atoms with E-state index >= 15 is 0 Å². The highest BCUT2D eigenvalue weighted by atomic mass is 16.2. The number of carbonyl (C=O) groups excluding carboxylic acids is 2. The van der Waals surface area contributed by atoms with Gasteiger partial charge in [-0.15, -0.1) is 0 Å². The molecule has 2 aliphatic rings. The second-order valence-electron chi connectivity index (χ2n) is 7.71. The van der Waals surface area contributed by atoms with Crippen LogP contribution in [-0.4, -0.2) is 17.2 Å². The highest BCUT2D eigenvalue weighted by Gasteiger charge is 2.41. The second kappa shape index (κ2) is 9.14. The molecule has 0 saturated heterocycles. The van der Waals surface area contributed by atoms with Crippen LogP contribution in [0.25, 0.3) is 5.57 Å². The van der Waals surface area contributed by atoms with Gasteiger partial charge in [-0.1, -0.05) is 73.7 Å². The van der Waals surface area contributed by atoms with Crippen molar-refractivity contribution >= 4 is 17.8 Å². The van der Waals surface area contributed by atoms with E-state index in [-0.39, 0.29) is 11.9 Å². The molecule has 0 aliphatic carbocycles. The molecular formula is C26H27N3O2. The van der Waals surface area contributed by atoms with E-state index in [1.807, 2.05) is 56.3 Å². The van der Waals surface area contributed by atoms with Gasteiger partial charge >= 0.3 is 0 Å². The number of benzene rings is 2. The van der Waals surface area contributed by atoms with Crippen molar-refractivity contribution < 1.29 is 9.59 Å². The Morgan fingerprint density at radius 2 is 1.74 bits per heavy atom. The highest BCUT2D eigenvalue weighted by molar-refractivity contribution is 6.02. The summed E-state index contributed by atoms with van der Waals surface area (Å²) in [5, 5.41) is 5.13. The normalized spacial score (nSPS) is 18.9. The molecule has 0 aromatic heterocycles. The topological polar surface area (TPSA) is 61.4 Å². The zero-order valence-electron chi connectivity index (χ0n) is 17.9. The van der Waals surface area contributed by atoms with Crippen molar-refractivity contribution in [2.24, 2.45) is 0 Å². The van der Waals surface area contributed by atoms with E-state index in [0.717, 1.165) is 46.5 Å². The number of nitrogens with zero attached hydrogens (tertiary/aromatic N) is 1. The van der Waals surface area contributed by atoms with Gasteiger partial charge in [-0.25, -0.2) is 10.4 Å². The molecule has 1 atom stereocenters. The fraction of sp³-hybridized carbons (Fsp3) is 0.231. The van der Waals surface area contributed by atoms with Crippen LogP contribution in [0.2, 0.25) is 0 Å². The molecule has 2 aliphatic heterocycles. The third-order valence-corrected chi connectivity index (χ3v) is 5.64. The van der Waals surface area contributed by atoms with Crippen molar-refractivity contribution in [2.75, 3.05) is 0 Å². The first kappa shape index (κ1) is 20.8. The summed E-state index contributed by atoms with van der Waals surface area (Å²) in [6.45, 7) is 3.97. The smallest absolute Gasteiger partial charge is 0.276 e. The van der Waals surface area contributed by atoms with Gasteiger partial charge in [-0.2, -0.15) is 0 Å². The third kappa shape index (κ3) is 3.97. The Kier molecular flexibility index (Phi) is 6.14. The summed E-state index contributed by atoms with van der Waals surface area (Å²) in [7, 11) is 0. The third-order valence-electron chi connectivity index (χ3n) is 5.64. The van der Waals surface area contributed by atoms with E-state index in [1.165, 1.54) is 0 Å². The van der Waals surface area contributed by atoms with E-state index in [4.69, 9.17) is 0 Å². The number of rotatable bonds is 7. The lowest BCUT2D eigenvalue weighted by Gasteiger charge is -2.30. The minimum Gasteiger partial charge on any atom is -0.343 e. The molecule has 1 unspecified atom stereocenters. The van der Waals surface area contributed by atoms with E-state index in [9.17, 15) is 9.59 Å². The minimum absolute atomic E-state index is 0.0938. The first-order chi connectivity index (χ1) is 15.2. The van der Waals surface area contributed by atoms with Gasteiger partial charge in [0.1, 0.15) is 12.1 Å². The standard InChI is InChI=1S/C26H27N3O2/c1-3-11-19(16-10-17-30)22-18(2)27-25-23(20-12-6-4-7-13-20)24(28-29(25)26(22)31)21-14-8-5-9-15-21/h4-9,11-15,17,24,27-28H,3,10,16H2,1-2H3/b19-11+. The van der Waals surface area contributed by atoms with Gasteiger partial charge in [0.25, 0.3) is 5.91 Å². The number of carbonyl (C=O) groups is 2. The molecule has 2 heterocycles. The maximum Gasteiger partial charge on any atom is 0.276 e. The summed E-state index contributed by atoms with van der Waals surface area (Å²) < 4.78 is 0. The lowest BCUT2D eigenvalue weighted by molar-refractivity contribution is -0.128. The lowest BCUT2D eigenvalue weighted by Crippen LogP contribution is -2.47. The Balaban J connectivity index is 1.81. The van der Waals surface area contributed by atoms with Crippen LogP contribution >= 0.6 is 0 Å². The number of hydrazine groups is 1. The van der Waals surface area contributed by atoms with Gasteiger partial charge in [-0.3, -0.25) is 4.79 Å². The van der Waals surface area contributed by atoms with Gasteiger partial charge in [-0.05, 0) is 36.5 Å². The van der Waals surface area contributed by atoms with Crippen molar-refractivity contribution in [1.29, 1.82) is 0 Å². The highest BCUT2D eigenvalue weighted by Crippen LogP contribution is 2.41. The number of amides is 1. The molecule has 5 heteroatoms. The van der Waals surface area contributed by atoms with Crippen LogP contribution in [0.4, 0.5) is 0 Å². The summed E-state index contributed by atoms with van der Waals surface area (Å²) in [5.74, 6) is 0.668. The number of hydrogen-bond donors (Lipinski definition) is 2. The predicted octanol–water partition coefficient (Wildman–Crippen LogP) is 4.64. The van der Waals surface area contributed by atoms with Crippen molar-refractivity contribution in [2.45, 2.75) is 39.2 Å². The molecule has 5 nitrogen and oxygen atoms in total. The number of nitrogens with one attached hydrogen (secondary N) is 2. The number of fused-ring (bicyclic) bond motifs is 1. The van der Waals surface area contributed by atoms with Gasteiger partial charge < -0.3 is 10.1 Å². The van der Waals surface area contributed by atoms with E-state index < -0.39 is 0 Å². The first-order valence-corrected chi connectivity index (χ1v) is 10.7. The van der Waals surface area contributed by atoms with Crippen molar-refractivity contribution in [1.82, 2.24) is 15.8 Å². The Bertz CT molecular complexity index is 1070. The van der Waals surface area contributed by atoms with Gasteiger partial charge in [0.05, 0.1) is 11.6 Å². The molecule has 2 N–H and O–H groups in total. The molecule has 31 heavy (non-hydrogen) atoms. The average molecular weight is 414 g/mol. The Hall–Kier alpha value is -3.44. The van der Waals surface area contributed by atoms with E-state index in [2.05, 4.69) is 35.0 Å². The summed E-state index contributed by atoms with van der Waals surface area (Å²) in [6.07, 6.45) is 4.69. The van der Waals surface area contributed by atoms with Crippen LogP contribution in [0, 0.1) is 0 Å². The molecule has 0 bridgehead atoms. The molecule has 2 aromatic rings. The minimum atomic E-state index is -0.157. The van der Waals surface area contributed by atoms with Gasteiger partial charge in [0.2, 0.25) is 0 Å². The first-order valence-electron chi connectivity index (χ1n) is 10.7. The molecule has 1 amide bonds. The molecule has 158 valence electrons. The van der Waals surface area contributed by atoms with Crippen LogP contribution in [0.3, 0.4) is 0 Å². The summed E-state index contributed by atoms with van der Waals surface area (Å²) in [5.41, 5.74) is 8.97. The lowest BCUT2D eigenvalue weighted by atomic mass is 9.93. The maximum atomic E-state index is 13.7. The van der Waals surface area contributed by atoms with E-state index in [1.54, 1.807) is 5.01 Å². The van der Waals surface area contributed by atoms with Crippen molar-refractivity contribution in [3.05, 3.63) is 101 Å². The van der Waals surface area contributed by atoms with Crippen molar-refractivity contribution in [3.8, 4) is 0 Å². The summed E-state index contributed by atoms with van der Waals surface area (Å²) in [6, 6.07) is 20.1. The molecule has 0 radical (unpaired) electrons. The Labute approximate surface area is 183 Å². The molecule has 0 saturated carbocycles. The van der Waals surface area contributed by atoms with Gasteiger partial charge in [0, 0.05) is 17.7 Å².